The number of fused-ring (bicyclic) bond motifs is 20. The summed E-state index contributed by atoms with van der Waals surface area (Å²) in [7, 11) is 0. The molecular formula is C36H20F4N4. The van der Waals surface area contributed by atoms with Crippen LogP contribution >= 0.6 is 0 Å². The lowest BCUT2D eigenvalue weighted by atomic mass is 10.1. The molecule has 0 spiro atoms. The predicted molar refractivity (Wildman–Crippen MR) is 166 cm³/mol. The number of rotatable bonds is 0. The molecule has 4 aromatic heterocycles. The smallest absolute Gasteiger partial charge is 0.159 e. The first-order valence-corrected chi connectivity index (χ1v) is 14.0. The molecule has 44 heavy (non-hydrogen) atoms. The summed E-state index contributed by atoms with van der Waals surface area (Å²) in [5.41, 5.74) is 2.97. The summed E-state index contributed by atoms with van der Waals surface area (Å²) in [6.07, 6.45) is 7.51. The fourth-order valence-corrected chi connectivity index (χ4v) is 6.50. The lowest BCUT2D eigenvalue weighted by molar-refractivity contribution is 0.511. The van der Waals surface area contributed by atoms with E-state index in [0.717, 1.165) is 44.3 Å². The zero-order chi connectivity index (χ0) is 29.7. The van der Waals surface area contributed by atoms with Crippen LogP contribution in [0.1, 0.15) is 22.8 Å². The van der Waals surface area contributed by atoms with E-state index in [4.69, 9.17) is 0 Å². The molecule has 1 aliphatic rings. The molecule has 0 fully saturated rings. The van der Waals surface area contributed by atoms with E-state index < -0.39 is 23.3 Å². The van der Waals surface area contributed by atoms with Gasteiger partial charge in [-0.25, -0.2) is 17.6 Å². The van der Waals surface area contributed by atoms with Gasteiger partial charge in [-0.2, -0.15) is 0 Å². The second-order valence-corrected chi connectivity index (χ2v) is 11.1. The lowest BCUT2D eigenvalue weighted by Gasteiger charge is -1.95. The molecule has 212 valence electrons. The van der Waals surface area contributed by atoms with Crippen LogP contribution in [0.25, 0.3) is 67.4 Å². The van der Waals surface area contributed by atoms with E-state index in [1.807, 2.05) is 72.8 Å². The van der Waals surface area contributed by atoms with Crippen LogP contribution in [-0.4, -0.2) is 19.9 Å². The first-order chi connectivity index (χ1) is 21.4. The zero-order valence-corrected chi connectivity index (χ0v) is 22.7. The van der Waals surface area contributed by atoms with E-state index >= 15 is 0 Å². The van der Waals surface area contributed by atoms with Gasteiger partial charge in [0.2, 0.25) is 0 Å². The maximum absolute atomic E-state index is 14.6. The Hall–Kier alpha value is -5.76. The van der Waals surface area contributed by atoms with Crippen molar-refractivity contribution in [2.45, 2.75) is 0 Å². The largest absolute Gasteiger partial charge is 0.354 e. The second-order valence-electron chi connectivity index (χ2n) is 11.1. The van der Waals surface area contributed by atoms with Crippen LogP contribution in [0.2, 0.25) is 0 Å². The molecule has 4 N–H and O–H groups in total. The molecule has 8 bridgehead atoms. The molecule has 0 aliphatic carbocycles. The molecule has 8 aromatic rings. The fraction of sp³-hybridized carbons (Fsp3) is 0. The maximum Gasteiger partial charge on any atom is 0.159 e. The van der Waals surface area contributed by atoms with Gasteiger partial charge >= 0.3 is 0 Å². The third kappa shape index (κ3) is 3.57. The summed E-state index contributed by atoms with van der Waals surface area (Å²) in [5.74, 6) is -3.74. The highest BCUT2D eigenvalue weighted by atomic mass is 19.2. The van der Waals surface area contributed by atoms with Crippen molar-refractivity contribution < 1.29 is 17.6 Å². The number of hydrogen-bond acceptors (Lipinski definition) is 0. The predicted octanol–water partition coefficient (Wildman–Crippen LogP) is 5.80. The molecule has 4 aromatic carbocycles. The molecule has 0 saturated heterocycles. The van der Waals surface area contributed by atoms with Crippen LogP contribution < -0.4 is 21.4 Å². The van der Waals surface area contributed by atoms with Gasteiger partial charge in [-0.15, -0.1) is 0 Å². The van der Waals surface area contributed by atoms with Gasteiger partial charge in [0, 0.05) is 87.3 Å². The van der Waals surface area contributed by atoms with Crippen molar-refractivity contribution in [3.63, 3.8) is 0 Å². The molecule has 0 radical (unpaired) electrons. The Bertz CT molecular complexity index is 2400. The van der Waals surface area contributed by atoms with Gasteiger partial charge in [0.1, 0.15) is 0 Å². The fourth-order valence-electron chi connectivity index (χ4n) is 6.50. The van der Waals surface area contributed by atoms with Crippen LogP contribution in [0.3, 0.4) is 0 Å². The summed E-state index contributed by atoms with van der Waals surface area (Å²) < 4.78 is 58.4. The summed E-state index contributed by atoms with van der Waals surface area (Å²) >= 11 is 0. The van der Waals surface area contributed by atoms with Gasteiger partial charge < -0.3 is 19.9 Å². The summed E-state index contributed by atoms with van der Waals surface area (Å²) in [6.45, 7) is 0. The molecule has 5 heterocycles. The lowest BCUT2D eigenvalue weighted by Crippen LogP contribution is -2.11. The minimum atomic E-state index is -0.936. The number of nitrogens with one attached hydrogen (secondary N) is 4. The van der Waals surface area contributed by atoms with Crippen molar-refractivity contribution in [3.8, 4) is 0 Å². The second kappa shape index (κ2) is 8.87. The average molecular weight is 585 g/mol. The Labute approximate surface area is 245 Å². The Morgan fingerprint density at radius 3 is 0.818 bits per heavy atom. The number of hydrogen-bond donors (Lipinski definition) is 4. The normalized spacial score (nSPS) is 12.8. The van der Waals surface area contributed by atoms with E-state index in [1.165, 1.54) is 24.3 Å². The number of benzene rings is 4. The van der Waals surface area contributed by atoms with Crippen LogP contribution in [0.5, 0.6) is 0 Å². The number of H-pyrrole nitrogens is 4. The van der Waals surface area contributed by atoms with Crippen LogP contribution in [0, 0.1) is 23.3 Å². The molecule has 0 unspecified atom stereocenters. The van der Waals surface area contributed by atoms with Gasteiger partial charge in [-0.1, -0.05) is 48.5 Å². The molecular weight excluding hydrogens is 564 g/mol. The van der Waals surface area contributed by atoms with Crippen molar-refractivity contribution in [1.29, 1.82) is 0 Å². The van der Waals surface area contributed by atoms with E-state index in [2.05, 4.69) is 19.9 Å². The molecule has 1 aliphatic heterocycles. The monoisotopic (exact) mass is 584 g/mol. The topological polar surface area (TPSA) is 63.2 Å². The van der Waals surface area contributed by atoms with E-state index in [0.29, 0.717) is 42.9 Å². The number of aromatic nitrogens is 4. The highest BCUT2D eigenvalue weighted by molar-refractivity contribution is 6.00. The minimum Gasteiger partial charge on any atom is -0.354 e. The summed E-state index contributed by atoms with van der Waals surface area (Å²) in [4.78, 5) is 13.7. The Morgan fingerprint density at radius 2 is 0.568 bits per heavy atom. The standard InChI is InChI=1S/C36H20F4N4/c37-25-9-21-22(10-26(25)38)35-15-31-19-7-3-4-8-20(19)32(42-31)16-36-24-12-28(40)27(39)11-23(24)34(44-36)14-30-18-6-2-1-5-17(18)29(41-30)13-33(21)43-35/h1-16,41-44H. The third-order valence-electron chi connectivity index (χ3n) is 8.53. The number of halogens is 4. The summed E-state index contributed by atoms with van der Waals surface area (Å²) in [6, 6.07) is 20.4. The van der Waals surface area contributed by atoms with Crippen LogP contribution in [-0.2, 0) is 0 Å². The van der Waals surface area contributed by atoms with Crippen LogP contribution in [0.15, 0.2) is 72.8 Å². The van der Waals surface area contributed by atoms with E-state index in [1.54, 1.807) is 0 Å². The Morgan fingerprint density at radius 1 is 0.318 bits per heavy atom. The zero-order valence-electron chi connectivity index (χ0n) is 22.7. The van der Waals surface area contributed by atoms with Crippen LogP contribution in [0.4, 0.5) is 17.6 Å². The van der Waals surface area contributed by atoms with E-state index in [-0.39, 0.29) is 0 Å². The van der Waals surface area contributed by atoms with Gasteiger partial charge in [-0.3, -0.25) is 0 Å². The SMILES string of the molecule is Fc1cc2c3[nH]c(c2cc1F)=Cc1[nH]c(c2ccccc12)C=c1[nH]c(c2cc(F)c(F)cc12)=Cc1[nH]c(c2ccccc12)C=3. The summed E-state index contributed by atoms with van der Waals surface area (Å²) in [5, 5.41) is 8.13. The third-order valence-corrected chi connectivity index (χ3v) is 8.53. The van der Waals surface area contributed by atoms with Gasteiger partial charge in [0.05, 0.1) is 0 Å². The minimum absolute atomic E-state index is 0.531. The van der Waals surface area contributed by atoms with Gasteiger partial charge in [-0.05, 0) is 48.6 Å². The first-order valence-electron chi connectivity index (χ1n) is 14.0. The highest BCUT2D eigenvalue weighted by Gasteiger charge is 2.15. The molecule has 0 atom stereocenters. The van der Waals surface area contributed by atoms with Crippen molar-refractivity contribution in [3.05, 3.63) is 140 Å². The molecule has 0 amide bonds. The molecule has 9 rings (SSSR count). The van der Waals surface area contributed by atoms with Gasteiger partial charge in [0.15, 0.2) is 23.3 Å². The number of aromatic amines is 4. The Kier molecular flexibility index (Phi) is 5.00. The van der Waals surface area contributed by atoms with Crippen molar-refractivity contribution in [1.82, 2.24) is 19.9 Å². The molecule has 8 heteroatoms. The highest BCUT2D eigenvalue weighted by Crippen LogP contribution is 2.26. The maximum atomic E-state index is 14.6. The molecule has 4 nitrogen and oxygen atoms in total. The van der Waals surface area contributed by atoms with E-state index in [9.17, 15) is 17.6 Å². The van der Waals surface area contributed by atoms with Gasteiger partial charge in [0.25, 0.3) is 0 Å². The molecule has 0 saturated carbocycles. The van der Waals surface area contributed by atoms with Crippen molar-refractivity contribution in [2.75, 3.05) is 0 Å². The Balaban J connectivity index is 1.51. The quantitative estimate of drug-likeness (QED) is 0.163. The first kappa shape index (κ1) is 24.8. The van der Waals surface area contributed by atoms with Crippen molar-refractivity contribution >= 4 is 67.4 Å². The van der Waals surface area contributed by atoms with Crippen molar-refractivity contribution in [2.24, 2.45) is 0 Å². The average Bonchev–Trinajstić information content (AvgIpc) is 3.73.